The van der Waals surface area contributed by atoms with Gasteiger partial charge in [0.15, 0.2) is 5.82 Å². The molecule has 1 aliphatic carbocycles. The van der Waals surface area contributed by atoms with E-state index in [4.69, 9.17) is 4.74 Å². The lowest BCUT2D eigenvalue weighted by Crippen LogP contribution is -2.18. The predicted octanol–water partition coefficient (Wildman–Crippen LogP) is 4.83. The average Bonchev–Trinajstić information content (AvgIpc) is 3.37. The van der Waals surface area contributed by atoms with Gasteiger partial charge in [-0.3, -0.25) is 0 Å². The zero-order chi connectivity index (χ0) is 15.6. The highest BCUT2D eigenvalue weighted by Crippen LogP contribution is 2.41. The van der Waals surface area contributed by atoms with Crippen molar-refractivity contribution in [1.29, 1.82) is 0 Å². The summed E-state index contributed by atoms with van der Waals surface area (Å²) in [4.78, 5) is 0. The average molecular weight is 376 g/mol. The van der Waals surface area contributed by atoms with Gasteiger partial charge >= 0.3 is 0 Å². The molecule has 5 heteroatoms. The third-order valence-electron chi connectivity index (χ3n) is 4.66. The molecule has 4 rings (SSSR count). The highest BCUT2D eigenvalue weighted by Gasteiger charge is 2.25. The van der Waals surface area contributed by atoms with Gasteiger partial charge in [0.25, 0.3) is 0 Å². The molecule has 1 saturated carbocycles. The highest BCUT2D eigenvalue weighted by molar-refractivity contribution is 9.10. The van der Waals surface area contributed by atoms with Crippen LogP contribution >= 0.6 is 15.9 Å². The van der Waals surface area contributed by atoms with Crippen LogP contribution in [0.5, 0.6) is 0 Å². The smallest absolute Gasteiger partial charge is 0.162 e. The Hall–Kier alpha value is -1.33. The first kappa shape index (κ1) is 15.2. The van der Waals surface area contributed by atoms with E-state index in [1.807, 2.05) is 10.9 Å². The molecule has 4 nitrogen and oxygen atoms in total. The predicted molar refractivity (Wildman–Crippen MR) is 94.5 cm³/mol. The molecule has 0 bridgehead atoms. The largest absolute Gasteiger partial charge is 0.364 e. The normalized spacial score (nSPS) is 21.3. The van der Waals surface area contributed by atoms with Crippen LogP contribution in [0.4, 0.5) is 5.82 Å². The molecule has 2 heterocycles. The van der Waals surface area contributed by atoms with Crippen LogP contribution in [0.2, 0.25) is 0 Å². The summed E-state index contributed by atoms with van der Waals surface area (Å²) < 4.78 is 8.74. The fourth-order valence-electron chi connectivity index (χ4n) is 3.24. The highest BCUT2D eigenvalue weighted by atomic mass is 79.9. The molecule has 1 unspecified atom stereocenters. The van der Waals surface area contributed by atoms with Crippen LogP contribution < -0.4 is 5.32 Å². The van der Waals surface area contributed by atoms with E-state index >= 15 is 0 Å². The summed E-state index contributed by atoms with van der Waals surface area (Å²) >= 11 is 3.62. The third-order valence-corrected chi connectivity index (χ3v) is 5.24. The van der Waals surface area contributed by atoms with Crippen molar-refractivity contribution >= 4 is 21.7 Å². The minimum Gasteiger partial charge on any atom is -0.364 e. The minimum absolute atomic E-state index is 0.0781. The van der Waals surface area contributed by atoms with Crippen molar-refractivity contribution in [1.82, 2.24) is 9.78 Å². The van der Waals surface area contributed by atoms with Crippen molar-refractivity contribution in [2.24, 2.45) is 0 Å². The summed E-state index contributed by atoms with van der Waals surface area (Å²) in [6.07, 6.45) is 8.16. The van der Waals surface area contributed by atoms with E-state index in [1.54, 1.807) is 0 Å². The van der Waals surface area contributed by atoms with E-state index in [0.717, 1.165) is 42.2 Å². The Morgan fingerprint density at radius 1 is 1.22 bits per heavy atom. The molecule has 1 atom stereocenters. The van der Waals surface area contributed by atoms with E-state index in [-0.39, 0.29) is 6.23 Å². The molecule has 122 valence electrons. The summed E-state index contributed by atoms with van der Waals surface area (Å²) in [6, 6.07) is 8.74. The van der Waals surface area contributed by atoms with Crippen LogP contribution in [0, 0.1) is 0 Å². The van der Waals surface area contributed by atoms with Crippen molar-refractivity contribution in [3.63, 3.8) is 0 Å². The van der Waals surface area contributed by atoms with E-state index in [2.05, 4.69) is 50.6 Å². The molecule has 1 aromatic carbocycles. The summed E-state index contributed by atoms with van der Waals surface area (Å²) in [5, 5.41) is 8.15. The molecule has 1 aliphatic heterocycles. The fraction of sp³-hybridized carbons (Fsp3) is 0.500. The molecule has 1 saturated heterocycles. The molecule has 1 N–H and O–H groups in total. The maximum atomic E-state index is 5.81. The topological polar surface area (TPSA) is 39.1 Å². The molecule has 2 aromatic rings. The first-order valence-corrected chi connectivity index (χ1v) is 9.28. The lowest BCUT2D eigenvalue weighted by Gasteiger charge is -2.22. The molecule has 0 radical (unpaired) electrons. The quantitative estimate of drug-likeness (QED) is 0.812. The summed E-state index contributed by atoms with van der Waals surface area (Å²) in [6.45, 7) is 1.65. The number of anilines is 1. The van der Waals surface area contributed by atoms with Gasteiger partial charge in [0, 0.05) is 19.3 Å². The van der Waals surface area contributed by atoms with Crippen LogP contribution in [0.3, 0.4) is 0 Å². The second-order valence-corrected chi connectivity index (χ2v) is 7.31. The Labute approximate surface area is 145 Å². The lowest BCUT2D eigenvalue weighted by molar-refractivity contribution is -0.0393. The molecule has 2 aliphatic rings. The van der Waals surface area contributed by atoms with Crippen molar-refractivity contribution < 1.29 is 4.74 Å². The Bertz CT molecular complexity index is 675. The zero-order valence-electron chi connectivity index (χ0n) is 13.2. The van der Waals surface area contributed by atoms with Gasteiger partial charge in [0.1, 0.15) is 6.23 Å². The fourth-order valence-corrected chi connectivity index (χ4v) is 3.67. The van der Waals surface area contributed by atoms with Crippen LogP contribution in [-0.2, 0) is 11.3 Å². The second-order valence-electron chi connectivity index (χ2n) is 6.45. The van der Waals surface area contributed by atoms with Gasteiger partial charge in [-0.05, 0) is 65.1 Å². The van der Waals surface area contributed by atoms with Crippen LogP contribution in [0.1, 0.15) is 55.4 Å². The van der Waals surface area contributed by atoms with Gasteiger partial charge in [0.05, 0.1) is 4.47 Å². The first-order valence-electron chi connectivity index (χ1n) is 8.49. The number of nitrogens with zero attached hydrogens (tertiary/aromatic N) is 2. The van der Waals surface area contributed by atoms with Gasteiger partial charge in [-0.2, -0.15) is 5.10 Å². The van der Waals surface area contributed by atoms with E-state index < -0.39 is 0 Å². The van der Waals surface area contributed by atoms with E-state index in [1.165, 1.54) is 30.4 Å². The molecule has 2 fully saturated rings. The van der Waals surface area contributed by atoms with Crippen molar-refractivity contribution in [3.8, 4) is 0 Å². The third kappa shape index (κ3) is 3.45. The van der Waals surface area contributed by atoms with Gasteiger partial charge in [-0.1, -0.05) is 24.3 Å². The van der Waals surface area contributed by atoms with Crippen molar-refractivity contribution in [2.45, 2.75) is 50.8 Å². The number of nitrogens with one attached hydrogen (secondary N) is 1. The maximum absolute atomic E-state index is 5.81. The molecule has 0 amide bonds. The number of hydrogen-bond acceptors (Lipinski definition) is 3. The second kappa shape index (κ2) is 6.65. The van der Waals surface area contributed by atoms with E-state index in [9.17, 15) is 0 Å². The Balaban J connectivity index is 1.46. The summed E-state index contributed by atoms with van der Waals surface area (Å²) in [5.74, 6) is 1.66. The summed E-state index contributed by atoms with van der Waals surface area (Å²) in [5.41, 5.74) is 2.87. The van der Waals surface area contributed by atoms with E-state index in [0.29, 0.717) is 0 Å². The Morgan fingerprint density at radius 3 is 2.87 bits per heavy atom. The SMILES string of the molecule is Brc1cn(C2CCCCO2)nc1NCc1ccccc1C1CC1. The van der Waals surface area contributed by atoms with Gasteiger partial charge in [-0.25, -0.2) is 4.68 Å². The number of hydrogen-bond donors (Lipinski definition) is 1. The van der Waals surface area contributed by atoms with Crippen molar-refractivity contribution in [2.75, 3.05) is 11.9 Å². The lowest BCUT2D eigenvalue weighted by atomic mass is 10.0. The minimum atomic E-state index is 0.0781. The number of halogens is 1. The Morgan fingerprint density at radius 2 is 2.09 bits per heavy atom. The standard InChI is InChI=1S/C18H22BrN3O/c19-16-12-22(17-7-3-4-10-23-17)21-18(16)20-11-14-5-1-2-6-15(14)13-8-9-13/h1-2,5-6,12-13,17H,3-4,7-11H2,(H,20,21). The van der Waals surface area contributed by atoms with Gasteiger partial charge < -0.3 is 10.1 Å². The number of aromatic nitrogens is 2. The molecule has 1 aromatic heterocycles. The number of benzene rings is 1. The first-order chi connectivity index (χ1) is 11.3. The van der Waals surface area contributed by atoms with Crippen molar-refractivity contribution in [3.05, 3.63) is 46.1 Å². The Kier molecular flexibility index (Phi) is 4.40. The zero-order valence-corrected chi connectivity index (χ0v) is 14.8. The van der Waals surface area contributed by atoms with Crippen LogP contribution in [-0.4, -0.2) is 16.4 Å². The van der Waals surface area contributed by atoms with Gasteiger partial charge in [0.2, 0.25) is 0 Å². The van der Waals surface area contributed by atoms with Crippen LogP contribution in [0.15, 0.2) is 34.9 Å². The monoisotopic (exact) mass is 375 g/mol. The number of rotatable bonds is 5. The molecule has 23 heavy (non-hydrogen) atoms. The molecular formula is C18H22BrN3O. The van der Waals surface area contributed by atoms with Crippen LogP contribution in [0.25, 0.3) is 0 Å². The number of ether oxygens (including phenoxy) is 1. The molecule has 0 spiro atoms. The molecular weight excluding hydrogens is 354 g/mol. The van der Waals surface area contributed by atoms with Gasteiger partial charge in [-0.15, -0.1) is 0 Å². The summed E-state index contributed by atoms with van der Waals surface area (Å²) in [7, 11) is 0. The maximum Gasteiger partial charge on any atom is 0.162 e.